The third-order valence-corrected chi connectivity index (χ3v) is 7.51. The highest BCUT2D eigenvalue weighted by Crippen LogP contribution is 2.32. The molecule has 16 heteroatoms. The fourth-order valence-corrected chi connectivity index (χ4v) is 4.77. The molecule has 14 nitrogen and oxygen atoms in total. The molecule has 0 radical (unpaired) electrons. The van der Waals surface area contributed by atoms with E-state index in [1.165, 1.54) is 36.4 Å². The van der Waals surface area contributed by atoms with Crippen LogP contribution in [0.5, 0.6) is 11.8 Å². The second-order valence-corrected chi connectivity index (χ2v) is 11.4. The van der Waals surface area contributed by atoms with Gasteiger partial charge in [0.15, 0.2) is 0 Å². The molecule has 2 heterocycles. The number of aromatic nitrogens is 2. The van der Waals surface area contributed by atoms with Gasteiger partial charge in [0.2, 0.25) is 17.7 Å². The van der Waals surface area contributed by atoms with Gasteiger partial charge in [-0.25, -0.2) is 0 Å². The highest BCUT2D eigenvalue weighted by Gasteiger charge is 2.32. The minimum Gasteiger partial charge on any atom is -0.493 e. The number of nitrogens with zero attached hydrogens (tertiary/aromatic N) is 4. The predicted molar refractivity (Wildman–Crippen MR) is 155 cm³/mol. The van der Waals surface area contributed by atoms with Crippen molar-refractivity contribution in [3.8, 4) is 17.4 Å². The highest BCUT2D eigenvalue weighted by atomic mass is 32.2. The van der Waals surface area contributed by atoms with Crippen LogP contribution in [0.25, 0.3) is 11.8 Å². The molecule has 1 aliphatic heterocycles. The normalized spacial score (nSPS) is 15.2. The van der Waals surface area contributed by atoms with Crippen molar-refractivity contribution in [2.24, 2.45) is 5.10 Å². The van der Waals surface area contributed by atoms with Crippen molar-refractivity contribution < 1.29 is 45.3 Å². The molecule has 0 spiro atoms. The summed E-state index contributed by atoms with van der Waals surface area (Å²) < 4.78 is 75.8. The average Bonchev–Trinajstić information content (AvgIpc) is 3.43. The molecule has 0 fully saturated rings. The maximum atomic E-state index is 13.1. The van der Waals surface area contributed by atoms with E-state index in [9.17, 15) is 35.8 Å². The number of anilines is 1. The van der Waals surface area contributed by atoms with Gasteiger partial charge in [0.05, 0.1) is 34.4 Å². The molecule has 226 valence electrons. The molecule has 2 aromatic carbocycles. The number of hydrogen-bond donors (Lipinski definition) is 3. The lowest BCUT2D eigenvalue weighted by Gasteiger charge is -2.11. The monoisotopic (exact) mass is 630 g/mol. The maximum Gasteiger partial charge on any atom is 0.294 e. The first-order chi connectivity index (χ1) is 20.3. The fourth-order valence-electron chi connectivity index (χ4n) is 3.81. The number of ether oxygens (including phenoxy) is 2. The quantitative estimate of drug-likeness (QED) is 0.169. The third kappa shape index (κ3) is 7.00. The minimum atomic E-state index is -4.40. The molecule has 1 aromatic heterocycles. The number of carbonyl (C=O) groups excluding carboxylic acids is 1. The largest absolute Gasteiger partial charge is 0.493 e. The Hall–Kier alpha value is -4.77. The second-order valence-electron chi connectivity index (χ2n) is 8.60. The Morgan fingerprint density at radius 1 is 0.814 bits per heavy atom. The number of carbonyl (C=O) groups is 1. The van der Waals surface area contributed by atoms with E-state index in [4.69, 9.17) is 9.47 Å². The number of rotatable bonds is 10. The fraction of sp³-hybridized carbons (Fsp3) is 0.148. The smallest absolute Gasteiger partial charge is 0.294 e. The van der Waals surface area contributed by atoms with Crippen molar-refractivity contribution in [2.75, 3.05) is 18.2 Å². The van der Waals surface area contributed by atoms with Crippen LogP contribution in [0.2, 0.25) is 0 Å². The molecule has 43 heavy (non-hydrogen) atoms. The first-order valence-electron chi connectivity index (χ1n) is 12.6. The summed E-state index contributed by atoms with van der Waals surface area (Å²) in [5.41, 5.74) is 0.922. The van der Waals surface area contributed by atoms with E-state index in [0.29, 0.717) is 5.69 Å². The molecular weight excluding hydrogens is 604 g/mol. The van der Waals surface area contributed by atoms with Gasteiger partial charge in [0.25, 0.3) is 26.1 Å². The van der Waals surface area contributed by atoms with Crippen LogP contribution in [0, 0.1) is 0 Å². The molecule has 0 bridgehead atoms. The van der Waals surface area contributed by atoms with Gasteiger partial charge in [0.1, 0.15) is 11.1 Å². The summed E-state index contributed by atoms with van der Waals surface area (Å²) in [5.74, 6) is -0.667. The Morgan fingerprint density at radius 2 is 1.37 bits per heavy atom. The Labute approximate surface area is 247 Å². The summed E-state index contributed by atoms with van der Waals surface area (Å²) in [4.78, 5) is 12.4. The van der Waals surface area contributed by atoms with Crippen LogP contribution in [0.1, 0.15) is 19.4 Å². The summed E-state index contributed by atoms with van der Waals surface area (Å²) in [6.45, 7) is 3.93. The number of aromatic hydroxyl groups is 1. The molecule has 0 saturated carbocycles. The van der Waals surface area contributed by atoms with Gasteiger partial charge in [0, 0.05) is 0 Å². The highest BCUT2D eigenvalue weighted by molar-refractivity contribution is 7.86. The average molecular weight is 631 g/mol. The Bertz CT molecular complexity index is 1860. The zero-order chi connectivity index (χ0) is 31.4. The molecule has 1 amide bonds. The van der Waals surface area contributed by atoms with Gasteiger partial charge < -0.3 is 14.6 Å². The summed E-state index contributed by atoms with van der Waals surface area (Å²) >= 11 is 0. The zero-order valence-corrected chi connectivity index (χ0v) is 24.4. The van der Waals surface area contributed by atoms with Crippen LogP contribution in [-0.4, -0.2) is 65.8 Å². The van der Waals surface area contributed by atoms with Gasteiger partial charge in [-0.15, -0.1) is 10.2 Å². The summed E-state index contributed by atoms with van der Waals surface area (Å²) in [5, 5.41) is 20.3. The number of benzene rings is 2. The van der Waals surface area contributed by atoms with Crippen molar-refractivity contribution >= 4 is 43.8 Å². The van der Waals surface area contributed by atoms with Gasteiger partial charge in [-0.1, -0.05) is 18.2 Å². The van der Waals surface area contributed by atoms with E-state index < -0.39 is 26.1 Å². The van der Waals surface area contributed by atoms with E-state index >= 15 is 0 Å². The SMILES string of the molecule is CCOC1=NN(c2ccc(S(=O)(=O)O)cc2)C(=O)/C1=C\C=CC=Cc1c(OCC)nn(-c2ccc(S(=O)(=O)O)cc2)c1O. The van der Waals surface area contributed by atoms with Crippen molar-refractivity contribution in [2.45, 2.75) is 23.6 Å². The van der Waals surface area contributed by atoms with Gasteiger partial charge in [-0.3, -0.25) is 13.9 Å². The summed E-state index contributed by atoms with van der Waals surface area (Å²) in [6, 6.07) is 9.96. The topological polar surface area (TPSA) is 198 Å². The molecule has 3 N–H and O–H groups in total. The first kappa shape index (κ1) is 31.2. The van der Waals surface area contributed by atoms with E-state index in [1.807, 2.05) is 0 Å². The molecule has 0 aliphatic carbocycles. The zero-order valence-electron chi connectivity index (χ0n) is 22.7. The minimum absolute atomic E-state index is 0.0533. The summed E-state index contributed by atoms with van der Waals surface area (Å²) in [6.07, 6.45) is 7.66. The number of hydrazone groups is 1. The lowest BCUT2D eigenvalue weighted by molar-refractivity contribution is -0.114. The molecule has 4 rings (SSSR count). The van der Waals surface area contributed by atoms with Crippen LogP contribution in [0.4, 0.5) is 5.69 Å². The maximum absolute atomic E-state index is 13.1. The summed E-state index contributed by atoms with van der Waals surface area (Å²) in [7, 11) is -8.79. The Balaban J connectivity index is 1.56. The predicted octanol–water partition coefficient (Wildman–Crippen LogP) is 3.36. The van der Waals surface area contributed by atoms with Crippen molar-refractivity contribution in [3.63, 3.8) is 0 Å². The number of allylic oxidation sites excluding steroid dienone is 4. The van der Waals surface area contributed by atoms with Gasteiger partial charge >= 0.3 is 0 Å². The standard InChI is InChI=1S/C27H26N4O10S2/c1-3-40-24-22(26(32)30(28-24)18-10-14-20(15-11-18)42(34,35)36)8-6-5-7-9-23-25(41-4-2)29-31(27(23)33)19-12-16-21(17-13-19)43(37,38)39/h5-17,32H,3-4H2,1-2H3,(H,34,35,36)(H,37,38,39)/b7-5?,8-6?,23-9-. The number of amides is 1. The van der Waals surface area contributed by atoms with Crippen LogP contribution in [0.15, 0.2) is 93.3 Å². The van der Waals surface area contributed by atoms with E-state index in [2.05, 4.69) is 10.2 Å². The van der Waals surface area contributed by atoms with Gasteiger partial charge in [-0.05, 0) is 74.5 Å². The lowest BCUT2D eigenvalue weighted by Crippen LogP contribution is -2.21. The van der Waals surface area contributed by atoms with Crippen molar-refractivity contribution in [3.05, 3.63) is 84.0 Å². The molecule has 0 atom stereocenters. The lowest BCUT2D eigenvalue weighted by atomic mass is 10.2. The Morgan fingerprint density at radius 3 is 1.91 bits per heavy atom. The molecule has 3 aromatic rings. The van der Waals surface area contributed by atoms with Gasteiger partial charge in [-0.2, -0.15) is 26.5 Å². The molecule has 1 aliphatic rings. The van der Waals surface area contributed by atoms with Crippen LogP contribution in [0.3, 0.4) is 0 Å². The van der Waals surface area contributed by atoms with Crippen LogP contribution >= 0.6 is 0 Å². The number of hydrogen-bond acceptors (Lipinski definition) is 10. The third-order valence-electron chi connectivity index (χ3n) is 5.78. The molecule has 0 unspecified atom stereocenters. The van der Waals surface area contributed by atoms with Crippen molar-refractivity contribution in [1.82, 2.24) is 9.78 Å². The Kier molecular flexibility index (Phi) is 9.15. The van der Waals surface area contributed by atoms with E-state index in [-0.39, 0.29) is 57.5 Å². The first-order valence-corrected chi connectivity index (χ1v) is 15.4. The van der Waals surface area contributed by atoms with Crippen LogP contribution < -0.4 is 9.75 Å². The van der Waals surface area contributed by atoms with E-state index in [1.54, 1.807) is 32.1 Å². The van der Waals surface area contributed by atoms with E-state index in [0.717, 1.165) is 34.0 Å². The molecular formula is C27H26N4O10S2. The van der Waals surface area contributed by atoms with Crippen LogP contribution in [-0.2, 0) is 29.8 Å². The molecule has 0 saturated heterocycles. The second kappa shape index (κ2) is 12.6. The van der Waals surface area contributed by atoms with Crippen molar-refractivity contribution in [1.29, 1.82) is 0 Å².